The Labute approximate surface area is 149 Å². The van der Waals surface area contributed by atoms with Crippen LogP contribution in [0.4, 0.5) is 4.79 Å². The summed E-state index contributed by atoms with van der Waals surface area (Å²) in [4.78, 5) is 24.3. The van der Waals surface area contributed by atoms with Crippen molar-refractivity contribution in [1.29, 1.82) is 0 Å². The summed E-state index contributed by atoms with van der Waals surface area (Å²) in [5.41, 5.74) is 0.903. The van der Waals surface area contributed by atoms with Crippen LogP contribution >= 0.6 is 11.8 Å². The topological polar surface area (TPSA) is 93.3 Å². The van der Waals surface area contributed by atoms with Crippen molar-refractivity contribution in [3.05, 3.63) is 30.7 Å². The van der Waals surface area contributed by atoms with Gasteiger partial charge in [-0.05, 0) is 19.4 Å². The van der Waals surface area contributed by atoms with Gasteiger partial charge in [-0.2, -0.15) is 0 Å². The smallest absolute Gasteiger partial charge is 0.324 e. The molecule has 0 unspecified atom stereocenters. The summed E-state index contributed by atoms with van der Waals surface area (Å²) in [5, 5.41) is 11.8. The Kier molecular flexibility index (Phi) is 5.22. The van der Waals surface area contributed by atoms with Crippen LogP contribution in [0.25, 0.3) is 11.4 Å². The zero-order valence-corrected chi connectivity index (χ0v) is 14.7. The van der Waals surface area contributed by atoms with Crippen molar-refractivity contribution < 1.29 is 14.0 Å². The number of imide groups is 1. The highest BCUT2D eigenvalue weighted by atomic mass is 32.2. The molecule has 3 heterocycles. The number of allylic oxidation sites excluding steroid dienone is 1. The van der Waals surface area contributed by atoms with Gasteiger partial charge in [0, 0.05) is 18.8 Å². The largest absolute Gasteiger partial charge is 0.469 e. The molecule has 8 nitrogen and oxygen atoms in total. The Hall–Kier alpha value is -2.55. The maximum Gasteiger partial charge on any atom is 0.324 e. The Bertz CT molecular complexity index is 782. The van der Waals surface area contributed by atoms with E-state index in [1.807, 2.05) is 17.6 Å². The van der Waals surface area contributed by atoms with Gasteiger partial charge in [0.2, 0.25) is 5.91 Å². The standard InChI is InChI=1S/C16H19N5O3S/c1-3-6-21-14(12-5-8-24-11(12)2)18-19-16(21)25-9-4-7-20-13(22)10-17-15(20)23/h3,5,8H,1,4,6-7,9-10H2,2H3,(H,17,23). The number of rotatable bonds is 8. The first-order valence-electron chi connectivity index (χ1n) is 7.91. The number of hydrogen-bond acceptors (Lipinski definition) is 6. The van der Waals surface area contributed by atoms with Crippen molar-refractivity contribution in [3.63, 3.8) is 0 Å². The van der Waals surface area contributed by atoms with E-state index >= 15 is 0 Å². The lowest BCUT2D eigenvalue weighted by Crippen LogP contribution is -2.32. The molecule has 0 spiro atoms. The maximum atomic E-state index is 11.5. The van der Waals surface area contributed by atoms with E-state index in [-0.39, 0.29) is 18.5 Å². The Morgan fingerprint density at radius 1 is 1.44 bits per heavy atom. The van der Waals surface area contributed by atoms with Crippen molar-refractivity contribution in [2.75, 3.05) is 18.8 Å². The number of carbonyl (C=O) groups excluding carboxylic acids is 2. The predicted molar refractivity (Wildman–Crippen MR) is 93.1 cm³/mol. The zero-order chi connectivity index (χ0) is 17.8. The van der Waals surface area contributed by atoms with E-state index in [0.717, 1.165) is 28.1 Å². The number of aryl methyl sites for hydroxylation is 1. The monoisotopic (exact) mass is 361 g/mol. The van der Waals surface area contributed by atoms with Gasteiger partial charge in [-0.15, -0.1) is 16.8 Å². The Morgan fingerprint density at radius 2 is 2.28 bits per heavy atom. The van der Waals surface area contributed by atoms with Crippen molar-refractivity contribution in [2.24, 2.45) is 0 Å². The van der Waals surface area contributed by atoms with Gasteiger partial charge in [-0.25, -0.2) is 4.79 Å². The van der Waals surface area contributed by atoms with Crippen LogP contribution in [0.3, 0.4) is 0 Å². The molecule has 132 valence electrons. The molecule has 1 aliphatic heterocycles. The fourth-order valence-electron chi connectivity index (χ4n) is 2.57. The van der Waals surface area contributed by atoms with Crippen LogP contribution in [0, 0.1) is 6.92 Å². The second-order valence-corrected chi connectivity index (χ2v) is 6.56. The van der Waals surface area contributed by atoms with E-state index in [9.17, 15) is 9.59 Å². The summed E-state index contributed by atoms with van der Waals surface area (Å²) in [7, 11) is 0. The van der Waals surface area contributed by atoms with Crippen LogP contribution in [-0.4, -0.2) is 50.4 Å². The molecule has 0 radical (unpaired) electrons. The van der Waals surface area contributed by atoms with Crippen molar-refractivity contribution in [3.8, 4) is 11.4 Å². The van der Waals surface area contributed by atoms with Gasteiger partial charge < -0.3 is 9.73 Å². The van der Waals surface area contributed by atoms with Crippen molar-refractivity contribution >= 4 is 23.7 Å². The first kappa shape index (κ1) is 17.3. The first-order chi connectivity index (χ1) is 12.1. The highest BCUT2D eigenvalue weighted by molar-refractivity contribution is 7.99. The molecule has 0 bridgehead atoms. The highest BCUT2D eigenvalue weighted by Gasteiger charge is 2.27. The van der Waals surface area contributed by atoms with Gasteiger partial charge in [-0.1, -0.05) is 17.8 Å². The molecule has 25 heavy (non-hydrogen) atoms. The number of urea groups is 1. The van der Waals surface area contributed by atoms with Crippen LogP contribution < -0.4 is 5.32 Å². The minimum absolute atomic E-state index is 0.0903. The van der Waals surface area contributed by atoms with E-state index in [4.69, 9.17) is 4.42 Å². The Balaban J connectivity index is 1.63. The molecule has 1 aliphatic rings. The van der Waals surface area contributed by atoms with Gasteiger partial charge in [0.25, 0.3) is 0 Å². The quantitative estimate of drug-likeness (QED) is 0.335. The van der Waals surface area contributed by atoms with Crippen molar-refractivity contribution in [2.45, 2.75) is 25.0 Å². The average Bonchev–Trinajstić information content (AvgIpc) is 3.26. The minimum Gasteiger partial charge on any atom is -0.469 e. The molecule has 2 aromatic rings. The second kappa shape index (κ2) is 7.56. The molecular weight excluding hydrogens is 342 g/mol. The summed E-state index contributed by atoms with van der Waals surface area (Å²) < 4.78 is 7.32. The van der Waals surface area contributed by atoms with E-state index in [1.54, 1.807) is 12.3 Å². The number of furan rings is 1. The molecule has 3 rings (SSSR count). The van der Waals surface area contributed by atoms with E-state index in [1.165, 1.54) is 16.7 Å². The van der Waals surface area contributed by atoms with Gasteiger partial charge in [0.15, 0.2) is 11.0 Å². The number of thioether (sulfide) groups is 1. The molecule has 1 N–H and O–H groups in total. The number of carbonyl (C=O) groups is 2. The third-order valence-corrected chi connectivity index (χ3v) is 4.88. The number of amides is 3. The lowest BCUT2D eigenvalue weighted by molar-refractivity contribution is -0.124. The zero-order valence-electron chi connectivity index (χ0n) is 13.9. The number of hydrogen-bond donors (Lipinski definition) is 1. The fraction of sp³-hybridized carbons (Fsp3) is 0.375. The normalized spacial score (nSPS) is 14.2. The average molecular weight is 361 g/mol. The number of nitrogens with zero attached hydrogens (tertiary/aromatic N) is 4. The van der Waals surface area contributed by atoms with Gasteiger partial charge >= 0.3 is 6.03 Å². The van der Waals surface area contributed by atoms with Crippen LogP contribution in [0.5, 0.6) is 0 Å². The second-order valence-electron chi connectivity index (χ2n) is 5.50. The van der Waals surface area contributed by atoms with E-state index < -0.39 is 0 Å². The van der Waals surface area contributed by atoms with Crippen LogP contribution in [0.15, 0.2) is 34.6 Å². The Morgan fingerprint density at radius 3 is 2.92 bits per heavy atom. The van der Waals surface area contributed by atoms with E-state index in [0.29, 0.717) is 19.5 Å². The molecule has 0 aromatic carbocycles. The molecule has 0 atom stereocenters. The predicted octanol–water partition coefficient (Wildman–Crippen LogP) is 2.07. The molecule has 0 aliphatic carbocycles. The molecule has 3 amide bonds. The van der Waals surface area contributed by atoms with Crippen LogP contribution in [0.1, 0.15) is 12.2 Å². The molecule has 9 heteroatoms. The third-order valence-electron chi connectivity index (χ3n) is 3.82. The molecular formula is C16H19N5O3S. The van der Waals surface area contributed by atoms with Crippen LogP contribution in [0.2, 0.25) is 0 Å². The SMILES string of the molecule is C=CCn1c(SCCCN2C(=O)CNC2=O)nnc1-c1ccoc1C. The molecule has 1 fully saturated rings. The van der Waals surface area contributed by atoms with E-state index in [2.05, 4.69) is 22.1 Å². The van der Waals surface area contributed by atoms with Gasteiger partial charge in [-0.3, -0.25) is 14.3 Å². The highest BCUT2D eigenvalue weighted by Crippen LogP contribution is 2.27. The fourth-order valence-corrected chi connectivity index (χ4v) is 3.44. The number of nitrogens with one attached hydrogen (secondary N) is 1. The summed E-state index contributed by atoms with van der Waals surface area (Å²) in [6.45, 7) is 6.75. The van der Waals surface area contributed by atoms with Crippen molar-refractivity contribution in [1.82, 2.24) is 25.0 Å². The summed E-state index contributed by atoms with van der Waals surface area (Å²) >= 11 is 1.54. The number of aromatic nitrogens is 3. The molecule has 0 saturated carbocycles. The first-order valence-corrected chi connectivity index (χ1v) is 8.90. The lowest BCUT2D eigenvalue weighted by atomic mass is 10.2. The minimum atomic E-state index is -0.317. The van der Waals surface area contributed by atoms with Crippen LogP contribution in [-0.2, 0) is 11.3 Å². The van der Waals surface area contributed by atoms with Gasteiger partial charge in [0.1, 0.15) is 5.76 Å². The molecule has 1 saturated heterocycles. The maximum absolute atomic E-state index is 11.5. The summed E-state index contributed by atoms with van der Waals surface area (Å²) in [6.07, 6.45) is 4.10. The van der Waals surface area contributed by atoms with Gasteiger partial charge in [0.05, 0.1) is 18.4 Å². The summed E-state index contributed by atoms with van der Waals surface area (Å²) in [6, 6.07) is 1.55. The molecule has 2 aromatic heterocycles. The lowest BCUT2D eigenvalue weighted by Gasteiger charge is -2.11. The summed E-state index contributed by atoms with van der Waals surface area (Å²) in [5.74, 6) is 2.06. The third kappa shape index (κ3) is 3.60.